The molecule has 2 rings (SSSR count). The van der Waals surface area contributed by atoms with Crippen LogP contribution < -0.4 is 16.4 Å². The van der Waals surface area contributed by atoms with Crippen molar-refractivity contribution in [3.05, 3.63) is 0 Å². The lowest BCUT2D eigenvalue weighted by molar-refractivity contribution is -0.349. The fourth-order valence-electron chi connectivity index (χ4n) is 4.31. The number of carbonyl (C=O) groups excluding carboxylic acids is 3. The maximum absolute atomic E-state index is 13.3. The monoisotopic (exact) mass is 483 g/mol. The van der Waals surface area contributed by atoms with Gasteiger partial charge in [0.2, 0.25) is 11.8 Å². The SMILES string of the molecule is CCOC(=O)N[C@H](COOC(C)(C)C)C(=O)N1CCC[C@H]1C(=O)NC[C@H]1CC[C@H](C(=N)N)CC1. The van der Waals surface area contributed by atoms with Crippen molar-refractivity contribution in [2.24, 2.45) is 17.6 Å². The third-order valence-electron chi connectivity index (χ3n) is 6.10. The molecule has 1 aliphatic heterocycles. The summed E-state index contributed by atoms with van der Waals surface area (Å²) < 4.78 is 4.92. The van der Waals surface area contributed by atoms with Gasteiger partial charge in [-0.15, -0.1) is 0 Å². The number of nitrogens with zero attached hydrogens (tertiary/aromatic N) is 1. The molecule has 11 heteroatoms. The number of ether oxygens (including phenoxy) is 1. The number of rotatable bonds is 10. The molecule has 2 aliphatic rings. The molecule has 2 atom stereocenters. The highest BCUT2D eigenvalue weighted by atomic mass is 17.2. The van der Waals surface area contributed by atoms with Gasteiger partial charge in [-0.3, -0.25) is 15.0 Å². The highest BCUT2D eigenvalue weighted by Gasteiger charge is 2.38. The van der Waals surface area contributed by atoms with E-state index in [0.29, 0.717) is 31.8 Å². The van der Waals surface area contributed by atoms with E-state index in [2.05, 4.69) is 10.6 Å². The molecule has 0 bridgehead atoms. The molecule has 1 heterocycles. The Labute approximate surface area is 201 Å². The molecule has 11 nitrogen and oxygen atoms in total. The predicted octanol–water partition coefficient (Wildman–Crippen LogP) is 1.70. The first-order valence-corrected chi connectivity index (χ1v) is 12.2. The van der Waals surface area contributed by atoms with Crippen molar-refractivity contribution >= 4 is 23.7 Å². The van der Waals surface area contributed by atoms with Crippen molar-refractivity contribution in [3.63, 3.8) is 0 Å². The molecule has 0 unspecified atom stereocenters. The summed E-state index contributed by atoms with van der Waals surface area (Å²) in [6, 6.07) is -1.65. The predicted molar refractivity (Wildman–Crippen MR) is 126 cm³/mol. The van der Waals surface area contributed by atoms with E-state index in [0.717, 1.165) is 25.7 Å². The van der Waals surface area contributed by atoms with Crippen molar-refractivity contribution in [2.75, 3.05) is 26.3 Å². The normalized spacial score (nSPS) is 23.8. The first-order valence-electron chi connectivity index (χ1n) is 12.2. The topological polar surface area (TPSA) is 156 Å². The minimum absolute atomic E-state index is 0.142. The second-order valence-corrected chi connectivity index (χ2v) is 10.0. The number of carbonyl (C=O) groups is 3. The van der Waals surface area contributed by atoms with Gasteiger partial charge in [0.15, 0.2) is 0 Å². The van der Waals surface area contributed by atoms with Gasteiger partial charge in [-0.2, -0.15) is 0 Å². The van der Waals surface area contributed by atoms with Crippen molar-refractivity contribution in [3.8, 4) is 0 Å². The maximum atomic E-state index is 13.3. The zero-order valence-electron chi connectivity index (χ0n) is 20.9. The first-order chi connectivity index (χ1) is 16.0. The van der Waals surface area contributed by atoms with Crippen LogP contribution in [-0.4, -0.2) is 72.6 Å². The fourth-order valence-corrected chi connectivity index (χ4v) is 4.31. The molecule has 0 aromatic rings. The molecular formula is C23H41N5O6. The highest BCUT2D eigenvalue weighted by Crippen LogP contribution is 2.28. The van der Waals surface area contributed by atoms with E-state index in [4.69, 9.17) is 25.7 Å². The van der Waals surface area contributed by atoms with Crippen LogP contribution in [0.4, 0.5) is 4.79 Å². The summed E-state index contributed by atoms with van der Waals surface area (Å²) in [6.07, 6.45) is 4.06. The van der Waals surface area contributed by atoms with E-state index in [9.17, 15) is 14.4 Å². The second-order valence-electron chi connectivity index (χ2n) is 10.0. The van der Waals surface area contributed by atoms with Gasteiger partial charge in [-0.05, 0) is 72.1 Å². The number of nitrogens with one attached hydrogen (secondary N) is 3. The quantitative estimate of drug-likeness (QED) is 0.159. The molecule has 0 spiro atoms. The van der Waals surface area contributed by atoms with Crippen molar-refractivity contribution in [1.82, 2.24) is 15.5 Å². The Morgan fingerprint density at radius 1 is 1.15 bits per heavy atom. The van der Waals surface area contributed by atoms with Gasteiger partial charge < -0.3 is 26.0 Å². The van der Waals surface area contributed by atoms with E-state index in [1.54, 1.807) is 27.7 Å². The number of hydrogen-bond donors (Lipinski definition) is 4. The number of hydrogen-bond acceptors (Lipinski definition) is 7. The number of alkyl carbamates (subject to hydrolysis) is 1. The van der Waals surface area contributed by atoms with Crippen LogP contribution in [-0.2, 0) is 24.1 Å². The fraction of sp³-hybridized carbons (Fsp3) is 0.826. The third kappa shape index (κ3) is 8.75. The molecule has 1 aliphatic carbocycles. The summed E-state index contributed by atoms with van der Waals surface area (Å²) in [4.78, 5) is 50.2. The number of amidine groups is 1. The summed E-state index contributed by atoms with van der Waals surface area (Å²) >= 11 is 0. The van der Waals surface area contributed by atoms with Gasteiger partial charge in [0, 0.05) is 19.0 Å². The Bertz CT molecular complexity index is 717. The lowest BCUT2D eigenvalue weighted by Gasteiger charge is -2.30. The minimum Gasteiger partial charge on any atom is -0.450 e. The summed E-state index contributed by atoms with van der Waals surface area (Å²) in [5, 5.41) is 13.1. The molecule has 1 saturated carbocycles. The second kappa shape index (κ2) is 12.9. The van der Waals surface area contributed by atoms with Crippen LogP contribution in [0.2, 0.25) is 0 Å². The lowest BCUT2D eigenvalue weighted by Crippen LogP contribution is -2.55. The van der Waals surface area contributed by atoms with Crippen molar-refractivity contribution in [2.45, 2.75) is 83.9 Å². The Morgan fingerprint density at radius 3 is 2.41 bits per heavy atom. The summed E-state index contributed by atoms with van der Waals surface area (Å²) in [5.41, 5.74) is 5.02. The number of likely N-dealkylation sites (tertiary alicyclic amines) is 1. The largest absolute Gasteiger partial charge is 0.450 e. The molecule has 5 N–H and O–H groups in total. The zero-order valence-corrected chi connectivity index (χ0v) is 20.9. The van der Waals surface area contributed by atoms with E-state index in [1.807, 2.05) is 0 Å². The van der Waals surface area contributed by atoms with Crippen LogP contribution in [0.15, 0.2) is 0 Å². The standard InChI is InChI=1S/C23H41N5O6/c1-5-32-22(31)27-17(14-33-34-23(2,3)4)21(30)28-12-6-7-18(28)20(29)26-13-15-8-10-16(11-9-15)19(24)25/h15-18H,5-14H2,1-4H3,(H3,24,25)(H,26,29)(H,27,31)/t15-,16-,17-,18+/m1/s1. The van der Waals surface area contributed by atoms with Gasteiger partial charge in [0.25, 0.3) is 0 Å². The smallest absolute Gasteiger partial charge is 0.407 e. The van der Waals surface area contributed by atoms with Crippen LogP contribution in [0.25, 0.3) is 0 Å². The van der Waals surface area contributed by atoms with Crippen LogP contribution in [0.3, 0.4) is 0 Å². The molecule has 194 valence electrons. The van der Waals surface area contributed by atoms with Gasteiger partial charge in [0.1, 0.15) is 18.7 Å². The Balaban J connectivity index is 1.94. The van der Waals surface area contributed by atoms with E-state index < -0.39 is 29.7 Å². The Hall–Kier alpha value is -2.40. The average molecular weight is 484 g/mol. The van der Waals surface area contributed by atoms with Crippen LogP contribution in [0.1, 0.15) is 66.2 Å². The van der Waals surface area contributed by atoms with Crippen molar-refractivity contribution < 1.29 is 28.9 Å². The zero-order chi connectivity index (χ0) is 25.3. The highest BCUT2D eigenvalue weighted by molar-refractivity contribution is 5.92. The summed E-state index contributed by atoms with van der Waals surface area (Å²) in [6.45, 7) is 7.98. The van der Waals surface area contributed by atoms with Gasteiger partial charge in [0.05, 0.1) is 18.0 Å². The number of amides is 3. The molecule has 1 saturated heterocycles. The average Bonchev–Trinajstić information content (AvgIpc) is 3.26. The van der Waals surface area contributed by atoms with Gasteiger partial charge in [-0.1, -0.05) is 0 Å². The molecule has 34 heavy (non-hydrogen) atoms. The minimum atomic E-state index is -1.04. The first kappa shape index (κ1) is 27.8. The summed E-state index contributed by atoms with van der Waals surface area (Å²) in [5.74, 6) is 0.117. The van der Waals surface area contributed by atoms with Crippen LogP contribution >= 0.6 is 0 Å². The van der Waals surface area contributed by atoms with Gasteiger partial charge >= 0.3 is 6.09 Å². The molecule has 2 fully saturated rings. The van der Waals surface area contributed by atoms with Gasteiger partial charge in [-0.25, -0.2) is 14.6 Å². The molecule has 0 radical (unpaired) electrons. The third-order valence-corrected chi connectivity index (χ3v) is 6.10. The van der Waals surface area contributed by atoms with E-state index in [-0.39, 0.29) is 30.9 Å². The lowest BCUT2D eigenvalue weighted by atomic mass is 9.81. The Morgan fingerprint density at radius 2 is 1.82 bits per heavy atom. The number of nitrogens with two attached hydrogens (primary N) is 1. The molecule has 0 aromatic carbocycles. The summed E-state index contributed by atoms with van der Waals surface area (Å²) in [7, 11) is 0. The van der Waals surface area contributed by atoms with Crippen LogP contribution in [0, 0.1) is 17.2 Å². The molecule has 3 amide bonds. The van der Waals surface area contributed by atoms with Crippen molar-refractivity contribution in [1.29, 1.82) is 5.41 Å². The van der Waals surface area contributed by atoms with E-state index in [1.165, 1.54) is 4.90 Å². The van der Waals surface area contributed by atoms with E-state index >= 15 is 0 Å². The molecular weight excluding hydrogens is 442 g/mol. The van der Waals surface area contributed by atoms with Crippen LogP contribution in [0.5, 0.6) is 0 Å². The maximum Gasteiger partial charge on any atom is 0.407 e. The molecule has 0 aromatic heterocycles. The Kier molecular flexibility index (Phi) is 10.6.